The second kappa shape index (κ2) is 8.47. The lowest BCUT2D eigenvalue weighted by Gasteiger charge is -2.41. The van der Waals surface area contributed by atoms with Crippen LogP contribution < -0.4 is 0 Å². The lowest BCUT2D eigenvalue weighted by molar-refractivity contribution is -0.0852. The summed E-state index contributed by atoms with van der Waals surface area (Å²) in [6.45, 7) is 11.0. The zero-order valence-corrected chi connectivity index (χ0v) is 18.5. The molecule has 0 radical (unpaired) electrons. The Morgan fingerprint density at radius 2 is 1.54 bits per heavy atom. The van der Waals surface area contributed by atoms with Crippen molar-refractivity contribution in [3.05, 3.63) is 71.8 Å². The van der Waals surface area contributed by atoms with Crippen LogP contribution in [0.4, 0.5) is 0 Å². The van der Waals surface area contributed by atoms with E-state index in [1.807, 2.05) is 48.5 Å². The largest absolute Gasteiger partial charge is 0.407 e. The third-order valence-electron chi connectivity index (χ3n) is 5.85. The molecule has 152 valence electrons. The third-order valence-corrected chi connectivity index (χ3v) is 10.3. The van der Waals surface area contributed by atoms with E-state index in [2.05, 4.69) is 46.0 Å². The molecule has 3 rings (SSSR count). The van der Waals surface area contributed by atoms with E-state index in [4.69, 9.17) is 13.9 Å². The number of aliphatic hydroxyl groups is 1. The normalized spacial score (nSPS) is 24.3. The van der Waals surface area contributed by atoms with E-state index < -0.39 is 20.7 Å². The molecule has 2 aromatic rings. The van der Waals surface area contributed by atoms with Gasteiger partial charge in [0.2, 0.25) is 0 Å². The minimum atomic E-state index is -2.08. The van der Waals surface area contributed by atoms with Crippen LogP contribution in [0.2, 0.25) is 18.1 Å². The second-order valence-electron chi connectivity index (χ2n) is 8.91. The predicted octanol–water partition coefficient (Wildman–Crippen LogP) is 5.22. The van der Waals surface area contributed by atoms with Gasteiger partial charge in [0, 0.05) is 5.56 Å². The molecule has 2 aromatic carbocycles. The standard InChI is InChI=1S/C23H32O4Si/c1-23(2,3)28(4,5)27-20(17-12-8-6-9-13-17)21-19(16-24)25-22(26-21)18-14-10-7-11-15-18/h6-15,19-22,24H,16H2,1-5H3/t19-,20-,21+,22?/m0/s1. The highest BCUT2D eigenvalue weighted by atomic mass is 28.4. The van der Waals surface area contributed by atoms with Gasteiger partial charge in [0.25, 0.3) is 0 Å². The average molecular weight is 401 g/mol. The molecule has 1 aliphatic heterocycles. The molecule has 4 atom stereocenters. The zero-order valence-electron chi connectivity index (χ0n) is 17.5. The molecule has 1 N–H and O–H groups in total. The van der Waals surface area contributed by atoms with Crippen LogP contribution in [0.5, 0.6) is 0 Å². The van der Waals surface area contributed by atoms with Crippen molar-refractivity contribution >= 4 is 8.32 Å². The summed E-state index contributed by atoms with van der Waals surface area (Å²) >= 11 is 0. The minimum absolute atomic E-state index is 0.0625. The smallest absolute Gasteiger partial charge is 0.193 e. The van der Waals surface area contributed by atoms with Gasteiger partial charge in [-0.1, -0.05) is 81.4 Å². The van der Waals surface area contributed by atoms with Crippen LogP contribution in [0.25, 0.3) is 0 Å². The van der Waals surface area contributed by atoms with Crippen LogP contribution in [0, 0.1) is 0 Å². The maximum atomic E-state index is 10.0. The molecule has 0 amide bonds. The van der Waals surface area contributed by atoms with E-state index in [0.29, 0.717) is 0 Å². The fourth-order valence-electron chi connectivity index (χ4n) is 3.14. The highest BCUT2D eigenvalue weighted by Gasteiger charge is 2.47. The Labute approximate surface area is 169 Å². The van der Waals surface area contributed by atoms with Gasteiger partial charge in [-0.2, -0.15) is 0 Å². The van der Waals surface area contributed by atoms with Crippen LogP contribution in [-0.4, -0.2) is 32.2 Å². The molecule has 1 fully saturated rings. The van der Waals surface area contributed by atoms with Crippen LogP contribution >= 0.6 is 0 Å². The van der Waals surface area contributed by atoms with Crippen molar-refractivity contribution in [2.45, 2.75) is 63.5 Å². The summed E-state index contributed by atoms with van der Waals surface area (Å²) in [5, 5.41) is 10.1. The minimum Gasteiger partial charge on any atom is -0.407 e. The van der Waals surface area contributed by atoms with E-state index in [9.17, 15) is 5.11 Å². The van der Waals surface area contributed by atoms with Crippen molar-refractivity contribution in [1.82, 2.24) is 0 Å². The van der Waals surface area contributed by atoms with Crippen molar-refractivity contribution in [2.75, 3.05) is 6.61 Å². The van der Waals surface area contributed by atoms with Gasteiger partial charge in [0.05, 0.1) is 12.7 Å². The first-order chi connectivity index (χ1) is 13.2. The first-order valence-electron chi connectivity index (χ1n) is 9.92. The Morgan fingerprint density at radius 3 is 2.07 bits per heavy atom. The van der Waals surface area contributed by atoms with Crippen molar-refractivity contribution in [2.24, 2.45) is 0 Å². The molecule has 4 nitrogen and oxygen atoms in total. The molecule has 0 saturated carbocycles. The fraction of sp³-hybridized carbons (Fsp3) is 0.478. The molecule has 1 unspecified atom stereocenters. The van der Waals surface area contributed by atoms with Crippen LogP contribution in [0.1, 0.15) is 44.3 Å². The van der Waals surface area contributed by atoms with Crippen LogP contribution in [-0.2, 0) is 13.9 Å². The Bertz CT molecular complexity index is 742. The van der Waals surface area contributed by atoms with E-state index in [0.717, 1.165) is 11.1 Å². The SMILES string of the molecule is CC(C)(C)[Si](C)(C)O[C@@H](c1ccccc1)[C@@H]1OC(c2ccccc2)O[C@H]1CO. The molecule has 28 heavy (non-hydrogen) atoms. The summed E-state index contributed by atoms with van der Waals surface area (Å²) in [7, 11) is -2.08. The van der Waals surface area contributed by atoms with Gasteiger partial charge in [-0.3, -0.25) is 0 Å². The molecule has 0 bridgehead atoms. The molecule has 0 aliphatic carbocycles. The number of rotatable bonds is 6. The zero-order chi connectivity index (χ0) is 20.4. The maximum absolute atomic E-state index is 10.0. The molecule has 5 heteroatoms. The number of hydrogen-bond acceptors (Lipinski definition) is 4. The quantitative estimate of drug-likeness (QED) is 0.675. The topological polar surface area (TPSA) is 47.9 Å². The van der Waals surface area contributed by atoms with Gasteiger partial charge < -0.3 is 19.0 Å². The monoisotopic (exact) mass is 400 g/mol. The molecule has 1 saturated heterocycles. The Hall–Kier alpha value is -1.50. The summed E-state index contributed by atoms with van der Waals surface area (Å²) in [6, 6.07) is 20.0. The van der Waals surface area contributed by atoms with Crippen LogP contribution in [0.3, 0.4) is 0 Å². The lowest BCUT2D eigenvalue weighted by Crippen LogP contribution is -2.46. The molecule has 1 aliphatic rings. The summed E-state index contributed by atoms with van der Waals surface area (Å²) in [5.74, 6) is 0. The van der Waals surface area contributed by atoms with Crippen LogP contribution in [0.15, 0.2) is 60.7 Å². The van der Waals surface area contributed by atoms with Gasteiger partial charge in [-0.15, -0.1) is 0 Å². The number of benzene rings is 2. The second-order valence-corrected chi connectivity index (χ2v) is 13.7. The molecular weight excluding hydrogens is 368 g/mol. The number of aliphatic hydroxyl groups excluding tert-OH is 1. The first kappa shape index (κ1) is 21.2. The first-order valence-corrected chi connectivity index (χ1v) is 12.8. The Balaban J connectivity index is 1.93. The van der Waals surface area contributed by atoms with E-state index in [1.54, 1.807) is 0 Å². The highest BCUT2D eigenvalue weighted by molar-refractivity contribution is 6.74. The highest BCUT2D eigenvalue weighted by Crippen LogP contribution is 2.44. The summed E-state index contributed by atoms with van der Waals surface area (Å²) in [6.07, 6.45) is -1.63. The lowest BCUT2D eigenvalue weighted by atomic mass is 10.0. The molecular formula is C23H32O4Si. The summed E-state index contributed by atoms with van der Waals surface area (Å²) < 4.78 is 19.2. The van der Waals surface area contributed by atoms with E-state index in [1.165, 1.54) is 0 Å². The van der Waals surface area contributed by atoms with Crippen molar-refractivity contribution < 1.29 is 19.0 Å². The van der Waals surface area contributed by atoms with Gasteiger partial charge in [0.1, 0.15) is 12.2 Å². The van der Waals surface area contributed by atoms with Crippen molar-refractivity contribution in [3.63, 3.8) is 0 Å². The molecule has 0 spiro atoms. The summed E-state index contributed by atoms with van der Waals surface area (Å²) in [5.41, 5.74) is 2.00. The molecule has 0 aromatic heterocycles. The Morgan fingerprint density at radius 1 is 0.964 bits per heavy atom. The number of ether oxygens (including phenoxy) is 2. The predicted molar refractivity (Wildman–Crippen MR) is 113 cm³/mol. The average Bonchev–Trinajstić information content (AvgIpc) is 3.11. The number of hydrogen-bond donors (Lipinski definition) is 1. The van der Waals surface area contributed by atoms with Crippen molar-refractivity contribution in [1.29, 1.82) is 0 Å². The van der Waals surface area contributed by atoms with E-state index >= 15 is 0 Å². The van der Waals surface area contributed by atoms with Gasteiger partial charge >= 0.3 is 0 Å². The fourth-order valence-corrected chi connectivity index (χ4v) is 4.40. The van der Waals surface area contributed by atoms with Gasteiger partial charge in [-0.05, 0) is 23.7 Å². The molecule has 1 heterocycles. The van der Waals surface area contributed by atoms with Gasteiger partial charge in [-0.25, -0.2) is 0 Å². The maximum Gasteiger partial charge on any atom is 0.193 e. The summed E-state index contributed by atoms with van der Waals surface area (Å²) in [4.78, 5) is 0. The van der Waals surface area contributed by atoms with Gasteiger partial charge in [0.15, 0.2) is 14.6 Å². The van der Waals surface area contributed by atoms with Crippen molar-refractivity contribution in [3.8, 4) is 0 Å². The Kier molecular flexibility index (Phi) is 6.42. The van der Waals surface area contributed by atoms with E-state index in [-0.39, 0.29) is 23.9 Å². The third kappa shape index (κ3) is 4.55.